The first kappa shape index (κ1) is 13.0. The maximum Gasteiger partial charge on any atom is 0.217 e. The van der Waals surface area contributed by atoms with Crippen molar-refractivity contribution in [3.8, 4) is 11.4 Å². The van der Waals surface area contributed by atoms with Crippen LogP contribution in [-0.2, 0) is 6.54 Å². The lowest BCUT2D eigenvalue weighted by Gasteiger charge is -2.05. The van der Waals surface area contributed by atoms with E-state index in [0.29, 0.717) is 17.0 Å². The molecule has 0 radical (unpaired) electrons. The number of pyridine rings is 1. The molecule has 21 heavy (non-hydrogen) atoms. The molecule has 3 rings (SSSR count). The van der Waals surface area contributed by atoms with Crippen LogP contribution in [0.15, 0.2) is 41.2 Å². The third kappa shape index (κ3) is 2.50. The smallest absolute Gasteiger partial charge is 0.217 e. The van der Waals surface area contributed by atoms with Gasteiger partial charge in [0.1, 0.15) is 23.5 Å². The Morgan fingerprint density at radius 1 is 1.43 bits per heavy atom. The monoisotopic (exact) mass is 286 g/mol. The quantitative estimate of drug-likeness (QED) is 0.428. The summed E-state index contributed by atoms with van der Waals surface area (Å²) in [5.41, 5.74) is 7.22. The third-order valence-corrected chi connectivity index (χ3v) is 2.91. The molecule has 0 aliphatic rings. The van der Waals surface area contributed by atoms with Crippen molar-refractivity contribution in [1.82, 2.24) is 19.9 Å². The Hall–Kier alpha value is -3.03. The average molecular weight is 286 g/mol. The van der Waals surface area contributed by atoms with E-state index >= 15 is 0 Å². The van der Waals surface area contributed by atoms with Crippen LogP contribution in [0.1, 0.15) is 11.3 Å². The van der Waals surface area contributed by atoms with Gasteiger partial charge in [0.15, 0.2) is 0 Å². The Morgan fingerprint density at radius 2 is 2.29 bits per heavy atom. The molecule has 0 unspecified atom stereocenters. The zero-order valence-corrected chi connectivity index (χ0v) is 10.8. The van der Waals surface area contributed by atoms with Gasteiger partial charge in [-0.3, -0.25) is 10.1 Å². The van der Waals surface area contributed by atoms with Crippen LogP contribution in [0.4, 0.5) is 4.39 Å². The lowest BCUT2D eigenvalue weighted by atomic mass is 10.2. The molecule has 0 atom stereocenters. The number of nitrogens with zero attached hydrogens (tertiary/aromatic N) is 4. The summed E-state index contributed by atoms with van der Waals surface area (Å²) < 4.78 is 20.0. The Labute approximate surface area is 118 Å². The fraction of sp³-hybridized carbons (Fsp3) is 0.0769. The molecule has 0 aliphatic carbocycles. The highest BCUT2D eigenvalue weighted by Gasteiger charge is 2.15. The molecule has 7 nitrogen and oxygen atoms in total. The van der Waals surface area contributed by atoms with Crippen molar-refractivity contribution >= 4 is 5.84 Å². The van der Waals surface area contributed by atoms with Crippen LogP contribution < -0.4 is 5.73 Å². The number of hydrogen-bond donors (Lipinski definition) is 2. The van der Waals surface area contributed by atoms with Gasteiger partial charge in [0.2, 0.25) is 5.95 Å². The van der Waals surface area contributed by atoms with Crippen molar-refractivity contribution < 1.29 is 8.91 Å². The van der Waals surface area contributed by atoms with Crippen LogP contribution in [0.5, 0.6) is 0 Å². The molecule has 0 saturated heterocycles. The van der Waals surface area contributed by atoms with E-state index in [1.807, 2.05) is 0 Å². The maximum absolute atomic E-state index is 13.7. The molecular formula is C13H11FN6O. The summed E-state index contributed by atoms with van der Waals surface area (Å²) in [7, 11) is 0. The Balaban J connectivity index is 2.05. The highest BCUT2D eigenvalue weighted by molar-refractivity contribution is 5.94. The molecule has 0 aromatic carbocycles. The Bertz CT molecular complexity index is 780. The van der Waals surface area contributed by atoms with Gasteiger partial charge in [-0.2, -0.15) is 9.49 Å². The van der Waals surface area contributed by atoms with E-state index in [4.69, 9.17) is 15.7 Å². The molecular weight excluding hydrogens is 275 g/mol. The van der Waals surface area contributed by atoms with E-state index in [-0.39, 0.29) is 18.1 Å². The topological polar surface area (TPSA) is 107 Å². The van der Waals surface area contributed by atoms with Crippen LogP contribution in [0.25, 0.3) is 11.4 Å². The number of hydrogen-bond acceptors (Lipinski definition) is 5. The van der Waals surface area contributed by atoms with Crippen molar-refractivity contribution in [3.63, 3.8) is 0 Å². The Kier molecular flexibility index (Phi) is 3.19. The standard InChI is InChI=1S/C13H11FN6O/c14-12-8(2-1-4-17-12)7-20-11(9-3-5-21-19-9)6-10(18-20)13(15)16/h1-6H,7H2,(H3,15,16). The lowest BCUT2D eigenvalue weighted by molar-refractivity contribution is 0.421. The summed E-state index contributed by atoms with van der Waals surface area (Å²) in [5.74, 6) is -0.742. The number of nitrogens with two attached hydrogens (primary N) is 1. The van der Waals surface area contributed by atoms with Crippen molar-refractivity contribution in [1.29, 1.82) is 5.41 Å². The largest absolute Gasteiger partial charge is 0.382 e. The molecule has 3 heterocycles. The van der Waals surface area contributed by atoms with Gasteiger partial charge in [-0.15, -0.1) is 0 Å². The summed E-state index contributed by atoms with van der Waals surface area (Å²) >= 11 is 0. The minimum Gasteiger partial charge on any atom is -0.382 e. The van der Waals surface area contributed by atoms with Gasteiger partial charge in [0, 0.05) is 17.8 Å². The molecule has 0 aliphatic heterocycles. The number of nitrogens with one attached hydrogen (secondary N) is 1. The summed E-state index contributed by atoms with van der Waals surface area (Å²) in [6, 6.07) is 6.51. The van der Waals surface area contributed by atoms with E-state index in [0.717, 1.165) is 0 Å². The van der Waals surface area contributed by atoms with E-state index in [1.165, 1.54) is 17.1 Å². The zero-order valence-electron chi connectivity index (χ0n) is 10.8. The fourth-order valence-electron chi connectivity index (χ4n) is 1.92. The van der Waals surface area contributed by atoms with Crippen LogP contribution in [0.2, 0.25) is 0 Å². The summed E-state index contributed by atoms with van der Waals surface area (Å²) in [4.78, 5) is 3.60. The Morgan fingerprint density at radius 3 is 2.95 bits per heavy atom. The molecule has 0 amide bonds. The molecule has 3 aromatic heterocycles. The molecule has 0 fully saturated rings. The second-order valence-corrected chi connectivity index (χ2v) is 4.32. The number of amidine groups is 1. The van der Waals surface area contributed by atoms with E-state index in [2.05, 4.69) is 15.2 Å². The number of aromatic nitrogens is 4. The number of rotatable bonds is 4. The molecule has 106 valence electrons. The molecule has 0 bridgehead atoms. The van der Waals surface area contributed by atoms with Crippen molar-refractivity contribution in [2.24, 2.45) is 5.73 Å². The van der Waals surface area contributed by atoms with Crippen molar-refractivity contribution in [3.05, 3.63) is 53.9 Å². The first-order chi connectivity index (χ1) is 10.1. The van der Waals surface area contributed by atoms with Crippen LogP contribution in [0.3, 0.4) is 0 Å². The average Bonchev–Trinajstić information content (AvgIpc) is 3.10. The molecule has 0 saturated carbocycles. The molecule has 0 spiro atoms. The van der Waals surface area contributed by atoms with Gasteiger partial charge in [-0.25, -0.2) is 4.98 Å². The van der Waals surface area contributed by atoms with Gasteiger partial charge in [0.05, 0.1) is 12.2 Å². The van der Waals surface area contributed by atoms with Gasteiger partial charge in [0.25, 0.3) is 0 Å². The SMILES string of the molecule is N=C(N)c1cc(-c2ccon2)n(Cc2cccnc2F)n1. The normalized spacial score (nSPS) is 10.7. The molecule has 3 aromatic rings. The van der Waals surface area contributed by atoms with Gasteiger partial charge in [-0.1, -0.05) is 11.2 Å². The summed E-state index contributed by atoms with van der Waals surface area (Å²) in [5, 5.41) is 15.5. The third-order valence-electron chi connectivity index (χ3n) is 2.91. The second-order valence-electron chi connectivity index (χ2n) is 4.32. The predicted molar refractivity (Wildman–Crippen MR) is 72.0 cm³/mol. The highest BCUT2D eigenvalue weighted by Crippen LogP contribution is 2.20. The minimum absolute atomic E-state index is 0.148. The van der Waals surface area contributed by atoms with Gasteiger partial charge < -0.3 is 10.3 Å². The van der Waals surface area contributed by atoms with E-state index < -0.39 is 5.95 Å². The van der Waals surface area contributed by atoms with Crippen LogP contribution >= 0.6 is 0 Å². The highest BCUT2D eigenvalue weighted by atomic mass is 19.1. The van der Waals surface area contributed by atoms with Gasteiger partial charge in [-0.05, 0) is 12.1 Å². The second kappa shape index (κ2) is 5.16. The first-order valence-electron chi connectivity index (χ1n) is 6.07. The number of nitrogen functional groups attached to an aromatic ring is 1. The van der Waals surface area contributed by atoms with Gasteiger partial charge >= 0.3 is 0 Å². The van der Waals surface area contributed by atoms with Crippen LogP contribution in [-0.4, -0.2) is 25.8 Å². The zero-order chi connectivity index (χ0) is 14.8. The van der Waals surface area contributed by atoms with Crippen molar-refractivity contribution in [2.45, 2.75) is 6.54 Å². The van der Waals surface area contributed by atoms with E-state index in [1.54, 1.807) is 24.3 Å². The molecule has 3 N–H and O–H groups in total. The summed E-state index contributed by atoms with van der Waals surface area (Å²) in [6.07, 6.45) is 2.80. The molecule has 8 heteroatoms. The predicted octanol–water partition coefficient (Wildman–Crippen LogP) is 1.40. The first-order valence-corrected chi connectivity index (χ1v) is 6.07. The van der Waals surface area contributed by atoms with Crippen molar-refractivity contribution in [2.75, 3.05) is 0 Å². The summed E-state index contributed by atoms with van der Waals surface area (Å²) in [6.45, 7) is 0.148. The lowest BCUT2D eigenvalue weighted by Crippen LogP contribution is -2.13. The minimum atomic E-state index is -0.566. The van der Waals surface area contributed by atoms with Crippen LogP contribution in [0, 0.1) is 11.4 Å². The van der Waals surface area contributed by atoms with E-state index in [9.17, 15) is 4.39 Å². The maximum atomic E-state index is 13.7. The fourth-order valence-corrected chi connectivity index (χ4v) is 1.92. The number of halogens is 1.